The minimum absolute atomic E-state index is 0.0155. The van der Waals surface area contributed by atoms with Crippen LogP contribution in [0.25, 0.3) is 0 Å². The molecule has 3 N–H and O–H groups in total. The van der Waals surface area contributed by atoms with Crippen molar-refractivity contribution in [1.29, 1.82) is 0 Å². The molecule has 1 rings (SSSR count). The Hall–Kier alpha value is -0.570. The molecule has 0 bridgehead atoms. The molecule has 0 radical (unpaired) electrons. The number of amides is 1. The summed E-state index contributed by atoms with van der Waals surface area (Å²) in [4.78, 5) is 11.8. The number of carbonyl (C=O) groups is 1. The average molecular weight is 226 g/mol. The van der Waals surface area contributed by atoms with Crippen molar-refractivity contribution in [2.75, 3.05) is 0 Å². The highest BCUT2D eigenvalue weighted by Crippen LogP contribution is 2.29. The SMILES string of the molecule is CC1CCC(NC(=O)[C@@H](N)C(C)C)CC1C. The molecule has 1 saturated carbocycles. The van der Waals surface area contributed by atoms with Crippen LogP contribution in [0, 0.1) is 17.8 Å². The van der Waals surface area contributed by atoms with Crippen LogP contribution in [0.15, 0.2) is 0 Å². The Kier molecular flexibility index (Phi) is 4.78. The van der Waals surface area contributed by atoms with Crippen molar-refractivity contribution >= 4 is 5.91 Å². The van der Waals surface area contributed by atoms with E-state index >= 15 is 0 Å². The second kappa shape index (κ2) is 5.67. The van der Waals surface area contributed by atoms with Crippen molar-refractivity contribution in [3.63, 3.8) is 0 Å². The van der Waals surface area contributed by atoms with Crippen LogP contribution >= 0.6 is 0 Å². The number of nitrogens with two attached hydrogens (primary N) is 1. The van der Waals surface area contributed by atoms with Gasteiger partial charge in [0.05, 0.1) is 6.04 Å². The van der Waals surface area contributed by atoms with Gasteiger partial charge in [0.1, 0.15) is 0 Å². The summed E-state index contributed by atoms with van der Waals surface area (Å²) in [6.07, 6.45) is 3.41. The zero-order chi connectivity index (χ0) is 12.3. The van der Waals surface area contributed by atoms with Crippen LogP contribution < -0.4 is 11.1 Å². The molecule has 1 aliphatic rings. The van der Waals surface area contributed by atoms with Gasteiger partial charge in [-0.25, -0.2) is 0 Å². The minimum Gasteiger partial charge on any atom is -0.352 e. The molecule has 0 aliphatic heterocycles. The monoisotopic (exact) mass is 226 g/mol. The molecule has 94 valence electrons. The second-order valence-corrected chi connectivity index (χ2v) is 5.74. The number of hydrogen-bond donors (Lipinski definition) is 2. The Bertz CT molecular complexity index is 240. The normalized spacial score (nSPS) is 32.5. The molecular formula is C13H26N2O. The van der Waals surface area contributed by atoms with Gasteiger partial charge in [-0.1, -0.05) is 27.7 Å². The first-order chi connectivity index (χ1) is 7.41. The fourth-order valence-corrected chi connectivity index (χ4v) is 2.28. The lowest BCUT2D eigenvalue weighted by atomic mass is 9.79. The van der Waals surface area contributed by atoms with Crippen molar-refractivity contribution in [1.82, 2.24) is 5.32 Å². The Labute approximate surface area is 99.2 Å². The van der Waals surface area contributed by atoms with Crippen LogP contribution in [0.5, 0.6) is 0 Å². The van der Waals surface area contributed by atoms with Gasteiger partial charge in [-0.2, -0.15) is 0 Å². The van der Waals surface area contributed by atoms with Crippen LogP contribution in [0.4, 0.5) is 0 Å². The third kappa shape index (κ3) is 3.48. The second-order valence-electron chi connectivity index (χ2n) is 5.74. The first-order valence-corrected chi connectivity index (χ1v) is 6.47. The van der Waals surface area contributed by atoms with Crippen LogP contribution in [0.3, 0.4) is 0 Å². The van der Waals surface area contributed by atoms with E-state index in [0.717, 1.165) is 18.8 Å². The predicted molar refractivity (Wildman–Crippen MR) is 66.9 cm³/mol. The molecule has 0 heterocycles. The van der Waals surface area contributed by atoms with E-state index in [4.69, 9.17) is 5.73 Å². The zero-order valence-corrected chi connectivity index (χ0v) is 11.0. The number of carbonyl (C=O) groups excluding carboxylic acids is 1. The van der Waals surface area contributed by atoms with E-state index < -0.39 is 0 Å². The van der Waals surface area contributed by atoms with Gasteiger partial charge in [0, 0.05) is 6.04 Å². The molecule has 3 unspecified atom stereocenters. The highest BCUT2D eigenvalue weighted by molar-refractivity contribution is 5.82. The Morgan fingerprint density at radius 3 is 2.38 bits per heavy atom. The number of hydrogen-bond acceptors (Lipinski definition) is 2. The standard InChI is InChI=1S/C13H26N2O/c1-8(2)12(14)13(16)15-11-6-5-9(3)10(4)7-11/h8-12H,5-7,14H2,1-4H3,(H,15,16)/t9?,10?,11?,12-/m0/s1. The van der Waals surface area contributed by atoms with Crippen LogP contribution in [0.1, 0.15) is 47.0 Å². The summed E-state index contributed by atoms with van der Waals surface area (Å²) in [7, 11) is 0. The molecule has 3 heteroatoms. The first kappa shape index (κ1) is 13.5. The third-order valence-corrected chi connectivity index (χ3v) is 3.97. The van der Waals surface area contributed by atoms with Crippen LogP contribution in [0.2, 0.25) is 0 Å². The summed E-state index contributed by atoms with van der Waals surface area (Å²) in [6.45, 7) is 8.53. The molecule has 4 atom stereocenters. The maximum absolute atomic E-state index is 11.8. The lowest BCUT2D eigenvalue weighted by Crippen LogP contribution is -2.49. The summed E-state index contributed by atoms with van der Waals surface area (Å²) in [5, 5.41) is 3.09. The summed E-state index contributed by atoms with van der Waals surface area (Å²) in [5.74, 6) is 1.71. The average Bonchev–Trinajstić information content (AvgIpc) is 2.22. The van der Waals surface area contributed by atoms with Gasteiger partial charge in [-0.15, -0.1) is 0 Å². The minimum atomic E-state index is -0.366. The van der Waals surface area contributed by atoms with Gasteiger partial charge in [0.2, 0.25) is 5.91 Å². The van der Waals surface area contributed by atoms with E-state index in [-0.39, 0.29) is 17.9 Å². The summed E-state index contributed by atoms with van der Waals surface area (Å²) < 4.78 is 0. The van der Waals surface area contributed by atoms with Gasteiger partial charge in [0.15, 0.2) is 0 Å². The molecule has 16 heavy (non-hydrogen) atoms. The molecule has 0 saturated heterocycles. The van der Waals surface area contributed by atoms with Gasteiger partial charge >= 0.3 is 0 Å². The molecule has 3 nitrogen and oxygen atoms in total. The third-order valence-electron chi connectivity index (χ3n) is 3.97. The molecule has 1 amide bonds. The Morgan fingerprint density at radius 1 is 1.25 bits per heavy atom. The van der Waals surface area contributed by atoms with Crippen molar-refractivity contribution < 1.29 is 4.79 Å². The Balaban J connectivity index is 2.40. The number of nitrogens with one attached hydrogen (secondary N) is 1. The van der Waals surface area contributed by atoms with E-state index in [1.54, 1.807) is 0 Å². The molecule has 0 aromatic carbocycles. The van der Waals surface area contributed by atoms with E-state index in [0.29, 0.717) is 12.0 Å². The van der Waals surface area contributed by atoms with Crippen LogP contribution in [-0.4, -0.2) is 18.0 Å². The largest absolute Gasteiger partial charge is 0.352 e. The van der Waals surface area contributed by atoms with Gasteiger partial charge in [0.25, 0.3) is 0 Å². The smallest absolute Gasteiger partial charge is 0.237 e. The molecule has 0 aromatic rings. The fraction of sp³-hybridized carbons (Fsp3) is 0.923. The molecule has 0 aromatic heterocycles. The van der Waals surface area contributed by atoms with E-state index in [9.17, 15) is 4.79 Å². The van der Waals surface area contributed by atoms with E-state index in [2.05, 4.69) is 19.2 Å². The summed E-state index contributed by atoms with van der Waals surface area (Å²) in [5.41, 5.74) is 5.83. The zero-order valence-electron chi connectivity index (χ0n) is 11.0. The Morgan fingerprint density at radius 2 is 1.88 bits per heavy atom. The van der Waals surface area contributed by atoms with Gasteiger partial charge < -0.3 is 11.1 Å². The molecule has 1 fully saturated rings. The highest BCUT2D eigenvalue weighted by Gasteiger charge is 2.27. The fourth-order valence-electron chi connectivity index (χ4n) is 2.28. The van der Waals surface area contributed by atoms with E-state index in [1.165, 1.54) is 6.42 Å². The topological polar surface area (TPSA) is 55.1 Å². The maximum Gasteiger partial charge on any atom is 0.237 e. The highest BCUT2D eigenvalue weighted by atomic mass is 16.2. The quantitative estimate of drug-likeness (QED) is 0.772. The van der Waals surface area contributed by atoms with Gasteiger partial charge in [-0.05, 0) is 37.0 Å². The lowest BCUT2D eigenvalue weighted by molar-refractivity contribution is -0.124. The van der Waals surface area contributed by atoms with Crippen LogP contribution in [-0.2, 0) is 4.79 Å². The summed E-state index contributed by atoms with van der Waals surface area (Å²) >= 11 is 0. The molecular weight excluding hydrogens is 200 g/mol. The summed E-state index contributed by atoms with van der Waals surface area (Å²) in [6, 6.07) is -0.0295. The molecule has 0 spiro atoms. The predicted octanol–water partition coefficient (Wildman–Crippen LogP) is 1.91. The van der Waals surface area contributed by atoms with Crippen molar-refractivity contribution in [2.24, 2.45) is 23.5 Å². The van der Waals surface area contributed by atoms with Crippen molar-refractivity contribution in [2.45, 2.75) is 59.0 Å². The maximum atomic E-state index is 11.8. The molecule has 1 aliphatic carbocycles. The van der Waals surface area contributed by atoms with Crippen molar-refractivity contribution in [3.05, 3.63) is 0 Å². The van der Waals surface area contributed by atoms with Crippen molar-refractivity contribution in [3.8, 4) is 0 Å². The van der Waals surface area contributed by atoms with Gasteiger partial charge in [-0.3, -0.25) is 4.79 Å². The number of rotatable bonds is 3. The van der Waals surface area contributed by atoms with E-state index in [1.807, 2.05) is 13.8 Å². The first-order valence-electron chi connectivity index (χ1n) is 6.47. The lowest BCUT2D eigenvalue weighted by Gasteiger charge is -2.33.